The Bertz CT molecular complexity index is 573. The normalized spacial score (nSPS) is 10.5. The fourth-order valence-corrected chi connectivity index (χ4v) is 1.66. The standard InChI is InChI=1S/C10H5BrFNO4/c11-5-1-4(2-6(12)9(5)14)7-3-8(10(15)16)17-13-7/h1-3,14H,(H,15,16). The maximum atomic E-state index is 13.2. The van der Waals surface area contributed by atoms with Crippen LogP contribution >= 0.6 is 15.9 Å². The molecule has 0 spiro atoms. The van der Waals surface area contributed by atoms with Crippen LogP contribution in [0.25, 0.3) is 11.3 Å². The zero-order valence-electron chi connectivity index (χ0n) is 8.15. The van der Waals surface area contributed by atoms with E-state index in [-0.39, 0.29) is 15.9 Å². The second-order valence-electron chi connectivity index (χ2n) is 3.17. The third-order valence-electron chi connectivity index (χ3n) is 2.03. The first-order valence-corrected chi connectivity index (χ1v) is 5.16. The first-order valence-electron chi connectivity index (χ1n) is 4.37. The summed E-state index contributed by atoms with van der Waals surface area (Å²) in [4.78, 5) is 10.6. The van der Waals surface area contributed by atoms with Crippen molar-refractivity contribution in [3.8, 4) is 17.0 Å². The minimum atomic E-state index is -1.26. The van der Waals surface area contributed by atoms with E-state index in [0.717, 1.165) is 6.07 Å². The SMILES string of the molecule is O=C(O)c1cc(-c2cc(F)c(O)c(Br)c2)no1. The van der Waals surface area contributed by atoms with E-state index in [1.165, 1.54) is 12.1 Å². The van der Waals surface area contributed by atoms with Crippen molar-refractivity contribution in [2.75, 3.05) is 0 Å². The van der Waals surface area contributed by atoms with Crippen LogP contribution in [-0.2, 0) is 0 Å². The van der Waals surface area contributed by atoms with Crippen LogP contribution in [0.5, 0.6) is 5.75 Å². The Morgan fingerprint density at radius 3 is 2.65 bits per heavy atom. The number of carboxylic acid groups (broad SMARTS) is 1. The molecule has 88 valence electrons. The summed E-state index contributed by atoms with van der Waals surface area (Å²) in [6.07, 6.45) is 0. The number of carbonyl (C=O) groups is 1. The van der Waals surface area contributed by atoms with Crippen LogP contribution in [0.3, 0.4) is 0 Å². The number of aromatic carboxylic acids is 1. The number of phenolic OH excluding ortho intramolecular Hbond substituents is 1. The van der Waals surface area contributed by atoms with Crippen molar-refractivity contribution < 1.29 is 23.9 Å². The average molecular weight is 302 g/mol. The molecule has 17 heavy (non-hydrogen) atoms. The Morgan fingerprint density at radius 2 is 2.12 bits per heavy atom. The lowest BCUT2D eigenvalue weighted by Gasteiger charge is -2.01. The molecule has 0 saturated carbocycles. The van der Waals surface area contributed by atoms with Gasteiger partial charge >= 0.3 is 5.97 Å². The molecular weight excluding hydrogens is 297 g/mol. The van der Waals surface area contributed by atoms with Crippen LogP contribution in [-0.4, -0.2) is 21.3 Å². The molecule has 0 bridgehead atoms. The summed E-state index contributed by atoms with van der Waals surface area (Å²) in [7, 11) is 0. The van der Waals surface area contributed by atoms with Gasteiger partial charge in [-0.25, -0.2) is 9.18 Å². The van der Waals surface area contributed by atoms with Gasteiger partial charge in [-0.1, -0.05) is 5.16 Å². The molecule has 2 aromatic rings. The highest BCUT2D eigenvalue weighted by atomic mass is 79.9. The highest BCUT2D eigenvalue weighted by Gasteiger charge is 2.15. The van der Waals surface area contributed by atoms with Crippen molar-refractivity contribution >= 4 is 21.9 Å². The van der Waals surface area contributed by atoms with Crippen LogP contribution in [0.1, 0.15) is 10.6 Å². The number of aromatic hydroxyl groups is 1. The van der Waals surface area contributed by atoms with E-state index in [9.17, 15) is 14.3 Å². The third kappa shape index (κ3) is 2.14. The van der Waals surface area contributed by atoms with Gasteiger partial charge in [-0.2, -0.15) is 0 Å². The molecule has 1 aromatic carbocycles. The number of halogens is 2. The maximum Gasteiger partial charge on any atom is 0.374 e. The lowest BCUT2D eigenvalue weighted by Crippen LogP contribution is -1.91. The Kier molecular flexibility index (Phi) is 2.84. The van der Waals surface area contributed by atoms with Gasteiger partial charge in [-0.05, 0) is 28.1 Å². The number of hydrogen-bond acceptors (Lipinski definition) is 4. The smallest absolute Gasteiger partial charge is 0.374 e. The molecule has 1 aromatic heterocycles. The summed E-state index contributed by atoms with van der Waals surface area (Å²) in [6, 6.07) is 3.60. The summed E-state index contributed by atoms with van der Waals surface area (Å²) >= 11 is 2.97. The van der Waals surface area contributed by atoms with E-state index in [4.69, 9.17) is 5.11 Å². The lowest BCUT2D eigenvalue weighted by atomic mass is 10.1. The molecular formula is C10H5BrFNO4. The highest BCUT2D eigenvalue weighted by molar-refractivity contribution is 9.10. The first-order chi connectivity index (χ1) is 7.99. The molecule has 0 aliphatic heterocycles. The van der Waals surface area contributed by atoms with Crippen LogP contribution in [0.4, 0.5) is 4.39 Å². The van der Waals surface area contributed by atoms with Gasteiger partial charge in [0.15, 0.2) is 11.6 Å². The van der Waals surface area contributed by atoms with Crippen LogP contribution in [0, 0.1) is 5.82 Å². The Balaban J connectivity index is 2.49. The zero-order valence-corrected chi connectivity index (χ0v) is 9.73. The van der Waals surface area contributed by atoms with Crippen molar-refractivity contribution in [1.82, 2.24) is 5.16 Å². The van der Waals surface area contributed by atoms with E-state index in [0.29, 0.717) is 5.56 Å². The van der Waals surface area contributed by atoms with Crippen molar-refractivity contribution in [3.05, 3.63) is 34.2 Å². The number of benzene rings is 1. The molecule has 0 amide bonds. The van der Waals surface area contributed by atoms with E-state index in [1.54, 1.807) is 0 Å². The molecule has 0 aliphatic rings. The average Bonchev–Trinajstić information content (AvgIpc) is 2.74. The second kappa shape index (κ2) is 4.17. The first kappa shape index (κ1) is 11.6. The molecule has 0 atom stereocenters. The maximum absolute atomic E-state index is 13.2. The topological polar surface area (TPSA) is 83.6 Å². The summed E-state index contributed by atoms with van der Waals surface area (Å²) in [6.45, 7) is 0. The minimum absolute atomic E-state index is 0.146. The van der Waals surface area contributed by atoms with Crippen LogP contribution in [0.2, 0.25) is 0 Å². The van der Waals surface area contributed by atoms with Gasteiger partial charge in [0.25, 0.3) is 0 Å². The van der Waals surface area contributed by atoms with Crippen LogP contribution in [0.15, 0.2) is 27.2 Å². The van der Waals surface area contributed by atoms with Gasteiger partial charge in [0, 0.05) is 11.6 Å². The quantitative estimate of drug-likeness (QED) is 0.891. The number of carboxylic acids is 1. The van der Waals surface area contributed by atoms with Gasteiger partial charge in [0.2, 0.25) is 5.76 Å². The van der Waals surface area contributed by atoms with Gasteiger partial charge in [0.1, 0.15) is 5.69 Å². The van der Waals surface area contributed by atoms with Gasteiger partial charge in [-0.3, -0.25) is 0 Å². The molecule has 2 rings (SSSR count). The molecule has 0 aliphatic carbocycles. The molecule has 0 saturated heterocycles. The number of phenols is 1. The molecule has 2 N–H and O–H groups in total. The molecule has 0 radical (unpaired) electrons. The van der Waals surface area contributed by atoms with E-state index < -0.39 is 17.5 Å². The number of nitrogens with zero attached hydrogens (tertiary/aromatic N) is 1. The predicted octanol–water partition coefficient (Wildman–Crippen LogP) is 2.65. The zero-order chi connectivity index (χ0) is 12.6. The monoisotopic (exact) mass is 301 g/mol. The van der Waals surface area contributed by atoms with Crippen molar-refractivity contribution in [2.24, 2.45) is 0 Å². The molecule has 5 nitrogen and oxygen atoms in total. The Hall–Kier alpha value is -1.89. The van der Waals surface area contributed by atoms with Gasteiger partial charge in [0.05, 0.1) is 4.47 Å². The second-order valence-corrected chi connectivity index (χ2v) is 4.02. The molecule has 7 heteroatoms. The largest absolute Gasteiger partial charge is 0.504 e. The summed E-state index contributed by atoms with van der Waals surface area (Å²) in [5.41, 5.74) is 0.463. The third-order valence-corrected chi connectivity index (χ3v) is 2.64. The molecule has 0 fully saturated rings. The summed E-state index contributed by atoms with van der Waals surface area (Å²) < 4.78 is 17.9. The molecule has 1 heterocycles. The fraction of sp³-hybridized carbons (Fsp3) is 0. The van der Waals surface area contributed by atoms with E-state index in [2.05, 4.69) is 25.6 Å². The van der Waals surface area contributed by atoms with E-state index in [1.807, 2.05) is 0 Å². The lowest BCUT2D eigenvalue weighted by molar-refractivity contribution is 0.0652. The number of rotatable bonds is 2. The van der Waals surface area contributed by atoms with Crippen molar-refractivity contribution in [2.45, 2.75) is 0 Å². The molecule has 0 unspecified atom stereocenters. The Morgan fingerprint density at radius 1 is 1.41 bits per heavy atom. The van der Waals surface area contributed by atoms with Crippen LogP contribution < -0.4 is 0 Å². The van der Waals surface area contributed by atoms with Crippen molar-refractivity contribution in [3.63, 3.8) is 0 Å². The van der Waals surface area contributed by atoms with E-state index >= 15 is 0 Å². The highest BCUT2D eigenvalue weighted by Crippen LogP contribution is 2.32. The van der Waals surface area contributed by atoms with Gasteiger partial charge < -0.3 is 14.7 Å². The van der Waals surface area contributed by atoms with Gasteiger partial charge in [-0.15, -0.1) is 0 Å². The minimum Gasteiger partial charge on any atom is -0.504 e. The fourth-order valence-electron chi connectivity index (χ4n) is 1.23. The van der Waals surface area contributed by atoms with Crippen molar-refractivity contribution in [1.29, 1.82) is 0 Å². The summed E-state index contributed by atoms with van der Waals surface area (Å²) in [5.74, 6) is -2.96. The number of hydrogen-bond donors (Lipinski definition) is 2. The Labute approximate surface area is 103 Å². The summed E-state index contributed by atoms with van der Waals surface area (Å²) in [5, 5.41) is 21.3. The number of aromatic nitrogens is 1. The predicted molar refractivity (Wildman–Crippen MR) is 58.2 cm³/mol.